The molecule has 0 bridgehead atoms. The molecule has 1 N–H and O–H groups in total. The molecule has 1 aliphatic rings. The topological polar surface area (TPSA) is 46.5 Å². The van der Waals surface area contributed by atoms with E-state index < -0.39 is 7.37 Å². The molecule has 3 nitrogen and oxygen atoms in total. The first-order valence-electron chi connectivity index (χ1n) is 8.30. The first-order chi connectivity index (χ1) is 12.7. The van der Waals surface area contributed by atoms with E-state index in [1.807, 2.05) is 60.7 Å². The Hall–Kier alpha value is -3.03. The molecular formula is C22H17O3P. The van der Waals surface area contributed by atoms with E-state index in [0.717, 1.165) is 11.1 Å². The highest BCUT2D eigenvalue weighted by molar-refractivity contribution is 7.75. The Morgan fingerprint density at radius 2 is 1.31 bits per heavy atom. The second-order valence-electron chi connectivity index (χ2n) is 5.94. The summed E-state index contributed by atoms with van der Waals surface area (Å²) in [6, 6.07) is 28.9. The lowest BCUT2D eigenvalue weighted by atomic mass is 10.0. The molecular weight excluding hydrogens is 343 g/mol. The van der Waals surface area contributed by atoms with Crippen LogP contribution < -0.4 is 15.1 Å². The van der Waals surface area contributed by atoms with E-state index in [4.69, 9.17) is 4.52 Å². The molecule has 0 fully saturated rings. The molecule has 0 aromatic heterocycles. The smallest absolute Gasteiger partial charge is 0.307 e. The third kappa shape index (κ3) is 2.87. The molecule has 1 atom stereocenters. The van der Waals surface area contributed by atoms with Crippen molar-refractivity contribution in [3.8, 4) is 22.6 Å². The van der Waals surface area contributed by atoms with Crippen molar-refractivity contribution in [2.45, 2.75) is 0 Å². The second kappa shape index (κ2) is 6.70. The lowest BCUT2D eigenvalue weighted by molar-refractivity contribution is 0.476. The normalized spacial score (nSPS) is 17.2. The van der Waals surface area contributed by atoms with Gasteiger partial charge in [-0.2, -0.15) is 0 Å². The van der Waals surface area contributed by atoms with Gasteiger partial charge in [0.1, 0.15) is 11.5 Å². The fourth-order valence-corrected chi connectivity index (χ4v) is 5.29. The Labute approximate surface area is 152 Å². The van der Waals surface area contributed by atoms with Crippen LogP contribution in [0.3, 0.4) is 0 Å². The Morgan fingerprint density at radius 3 is 2.15 bits per heavy atom. The molecule has 0 radical (unpaired) electrons. The highest BCUT2D eigenvalue weighted by atomic mass is 31.2. The third-order valence-corrected chi connectivity index (χ3v) is 6.71. The Morgan fingerprint density at radius 1 is 0.654 bits per heavy atom. The number of aromatic hydroxyl groups is 1. The van der Waals surface area contributed by atoms with Crippen LogP contribution in [0.25, 0.3) is 11.1 Å². The molecule has 4 rings (SSSR count). The lowest BCUT2D eigenvalue weighted by Gasteiger charge is -2.28. The van der Waals surface area contributed by atoms with Gasteiger partial charge in [0.25, 0.3) is 0 Å². The minimum absolute atomic E-state index is 0.0831. The number of benzene rings is 2. The average molecular weight is 360 g/mol. The summed E-state index contributed by atoms with van der Waals surface area (Å²) in [7, 11) is -3.36. The van der Waals surface area contributed by atoms with Crippen LogP contribution in [0.1, 0.15) is 0 Å². The van der Waals surface area contributed by atoms with Crippen LogP contribution in [0.4, 0.5) is 0 Å². The largest absolute Gasteiger partial charge is 0.508 e. The summed E-state index contributed by atoms with van der Waals surface area (Å²) < 4.78 is 20.1. The number of fused-ring (bicyclic) bond motifs is 3. The van der Waals surface area contributed by atoms with Gasteiger partial charge in [-0.3, -0.25) is 4.57 Å². The van der Waals surface area contributed by atoms with Gasteiger partial charge in [-0.1, -0.05) is 60.7 Å². The predicted octanol–water partition coefficient (Wildman–Crippen LogP) is 4.80. The van der Waals surface area contributed by atoms with Gasteiger partial charge in [-0.05, 0) is 42.0 Å². The molecule has 0 spiro atoms. The standard InChI is InChI=1S/C22H17O3P/c23-17-9-3-1-2-4-10-18(16-15-17)26(24)22-14-8-6-12-20(22)19-11-5-7-13-21(19)25-26/h1-16,23H. The average Bonchev–Trinajstić information content (AvgIpc) is 2.67. The minimum atomic E-state index is -3.36. The van der Waals surface area contributed by atoms with Crippen molar-refractivity contribution in [2.24, 2.45) is 0 Å². The van der Waals surface area contributed by atoms with Crippen molar-refractivity contribution in [3.05, 3.63) is 97.1 Å². The summed E-state index contributed by atoms with van der Waals surface area (Å²) in [5, 5.41) is 11.1. The zero-order chi connectivity index (χ0) is 18.0. The first kappa shape index (κ1) is 16.4. The number of rotatable bonds is 1. The van der Waals surface area contributed by atoms with Gasteiger partial charge in [0.05, 0.1) is 10.6 Å². The molecule has 3 aromatic rings. The molecule has 26 heavy (non-hydrogen) atoms. The summed E-state index contributed by atoms with van der Waals surface area (Å²) in [5.74, 6) is 0.685. The minimum Gasteiger partial charge on any atom is -0.508 e. The molecule has 0 saturated carbocycles. The lowest BCUT2D eigenvalue weighted by Crippen LogP contribution is -2.24. The van der Waals surface area contributed by atoms with Crippen molar-refractivity contribution in [3.63, 3.8) is 0 Å². The Kier molecular flexibility index (Phi) is 4.24. The van der Waals surface area contributed by atoms with Crippen LogP contribution in [0.5, 0.6) is 11.5 Å². The van der Waals surface area contributed by atoms with E-state index in [0.29, 0.717) is 16.4 Å². The molecule has 0 aliphatic carbocycles. The van der Waals surface area contributed by atoms with Crippen molar-refractivity contribution in [2.75, 3.05) is 0 Å². The second-order valence-corrected chi connectivity index (χ2v) is 8.23. The predicted molar refractivity (Wildman–Crippen MR) is 105 cm³/mol. The van der Waals surface area contributed by atoms with Crippen LogP contribution in [0.2, 0.25) is 0 Å². The van der Waals surface area contributed by atoms with Crippen molar-refractivity contribution < 1.29 is 14.2 Å². The van der Waals surface area contributed by atoms with E-state index >= 15 is 0 Å². The van der Waals surface area contributed by atoms with E-state index in [2.05, 4.69) is 0 Å². The SMILES string of the molecule is O=P1(c2ccccccc(O)cc2)Oc2ccccc2-c2ccccc21. The van der Waals surface area contributed by atoms with Gasteiger partial charge >= 0.3 is 7.37 Å². The molecule has 0 amide bonds. The summed E-state index contributed by atoms with van der Waals surface area (Å²) in [5.41, 5.74) is 1.84. The van der Waals surface area contributed by atoms with E-state index in [1.54, 1.807) is 30.3 Å². The van der Waals surface area contributed by atoms with Gasteiger partial charge in [-0.15, -0.1) is 0 Å². The van der Waals surface area contributed by atoms with Gasteiger partial charge in [0.15, 0.2) is 0 Å². The Bertz CT molecular complexity index is 1070. The number of para-hydroxylation sites is 1. The Balaban J connectivity index is 2.00. The highest BCUT2D eigenvalue weighted by Crippen LogP contribution is 2.53. The highest BCUT2D eigenvalue weighted by Gasteiger charge is 2.37. The molecule has 1 heterocycles. The molecule has 1 aliphatic heterocycles. The zero-order valence-corrected chi connectivity index (χ0v) is 14.8. The van der Waals surface area contributed by atoms with E-state index in [9.17, 15) is 9.67 Å². The molecule has 4 heteroatoms. The maximum Gasteiger partial charge on any atom is 0.307 e. The monoisotopic (exact) mass is 360 g/mol. The molecule has 3 aromatic carbocycles. The fourth-order valence-electron chi connectivity index (χ4n) is 3.02. The van der Waals surface area contributed by atoms with Crippen LogP contribution in [-0.2, 0) is 4.57 Å². The van der Waals surface area contributed by atoms with E-state index in [1.165, 1.54) is 6.07 Å². The molecule has 1 unspecified atom stereocenters. The quantitative estimate of drug-likeness (QED) is 0.634. The number of hydrogen-bond acceptors (Lipinski definition) is 3. The van der Waals surface area contributed by atoms with Crippen LogP contribution in [0, 0.1) is 0 Å². The summed E-state index contributed by atoms with van der Waals surface area (Å²) in [4.78, 5) is 0. The van der Waals surface area contributed by atoms with Gasteiger partial charge in [0, 0.05) is 5.56 Å². The number of hydrogen-bond donors (Lipinski definition) is 1. The van der Waals surface area contributed by atoms with Gasteiger partial charge in [0.2, 0.25) is 0 Å². The molecule has 128 valence electrons. The maximum absolute atomic E-state index is 14.0. The van der Waals surface area contributed by atoms with Crippen LogP contribution >= 0.6 is 7.37 Å². The van der Waals surface area contributed by atoms with Crippen molar-refractivity contribution >= 4 is 18.0 Å². The summed E-state index contributed by atoms with van der Waals surface area (Å²) in [6.07, 6.45) is 0. The van der Waals surface area contributed by atoms with Crippen LogP contribution in [-0.4, -0.2) is 5.11 Å². The first-order valence-corrected chi connectivity index (χ1v) is 9.92. The molecule has 0 saturated heterocycles. The third-order valence-electron chi connectivity index (χ3n) is 4.26. The van der Waals surface area contributed by atoms with Crippen LogP contribution in [0.15, 0.2) is 97.1 Å². The fraction of sp³-hybridized carbons (Fsp3) is 0. The maximum atomic E-state index is 14.0. The summed E-state index contributed by atoms with van der Waals surface area (Å²) in [6.45, 7) is 0. The zero-order valence-electron chi connectivity index (χ0n) is 13.9. The van der Waals surface area contributed by atoms with Crippen molar-refractivity contribution in [1.29, 1.82) is 0 Å². The van der Waals surface area contributed by atoms with Gasteiger partial charge < -0.3 is 9.63 Å². The van der Waals surface area contributed by atoms with Gasteiger partial charge in [-0.25, -0.2) is 0 Å². The van der Waals surface area contributed by atoms with Crippen molar-refractivity contribution in [1.82, 2.24) is 0 Å². The van der Waals surface area contributed by atoms with E-state index in [-0.39, 0.29) is 5.75 Å². The summed E-state index contributed by atoms with van der Waals surface area (Å²) >= 11 is 0.